The number of anilines is 3. The van der Waals surface area contributed by atoms with Crippen molar-refractivity contribution in [3.63, 3.8) is 0 Å². The average Bonchev–Trinajstić information content (AvgIpc) is 3.95. The molecule has 9 aromatic carbocycles. The monoisotopic (exact) mass is 780 g/mol. The van der Waals surface area contributed by atoms with Crippen LogP contribution < -0.4 is 10.2 Å². The average molecular weight is 781 g/mol. The van der Waals surface area contributed by atoms with E-state index in [-0.39, 0.29) is 12.3 Å². The molecule has 2 heterocycles. The van der Waals surface area contributed by atoms with E-state index in [0.29, 0.717) is 0 Å². The first-order valence-electron chi connectivity index (χ1n) is 21.0. The Morgan fingerprint density at radius 2 is 0.787 bits per heavy atom. The summed E-state index contributed by atoms with van der Waals surface area (Å²) in [6, 6.07) is 81.7. The number of rotatable bonds is 6. The number of nitrogens with one attached hydrogen (secondary N) is 1. The van der Waals surface area contributed by atoms with Gasteiger partial charge in [0.2, 0.25) is 0 Å². The van der Waals surface area contributed by atoms with E-state index < -0.39 is 5.41 Å². The fourth-order valence-electron chi connectivity index (χ4n) is 10.0. The summed E-state index contributed by atoms with van der Waals surface area (Å²) in [6.45, 7) is 0. The molecule has 0 fully saturated rings. The molecule has 1 N–H and O–H groups in total. The van der Waals surface area contributed by atoms with Gasteiger partial charge in [-0.05, 0) is 114 Å². The molecule has 0 saturated carbocycles. The molecule has 0 radical (unpaired) electrons. The summed E-state index contributed by atoms with van der Waals surface area (Å²) in [7, 11) is 0. The SMILES string of the molecule is c1ccc(-c2ccc(C3N=NC(c4ccc(-c5cccc(-c6ccc7c(c6)C6(c8ccccc8-7)c7ccccc7N(c7ccccc7)c7ccccc76)c5)cc4)N3)cc2)cc1. The lowest BCUT2D eigenvalue weighted by molar-refractivity contribution is 0.552. The van der Waals surface area contributed by atoms with Crippen LogP contribution in [-0.4, -0.2) is 0 Å². The third-order valence-electron chi connectivity index (χ3n) is 12.9. The van der Waals surface area contributed by atoms with Gasteiger partial charge in [-0.2, -0.15) is 10.2 Å². The van der Waals surface area contributed by atoms with Crippen molar-refractivity contribution in [3.8, 4) is 44.5 Å². The molecule has 0 amide bonds. The van der Waals surface area contributed by atoms with Gasteiger partial charge in [0.1, 0.15) is 12.3 Å². The minimum absolute atomic E-state index is 0.177. The normalized spacial score (nSPS) is 16.5. The lowest BCUT2D eigenvalue weighted by Crippen LogP contribution is -2.36. The van der Waals surface area contributed by atoms with Crippen LogP contribution in [0.1, 0.15) is 45.7 Å². The largest absolute Gasteiger partial charge is 0.310 e. The molecular weight excluding hydrogens is 741 g/mol. The van der Waals surface area contributed by atoms with Crippen LogP contribution >= 0.6 is 0 Å². The van der Waals surface area contributed by atoms with Gasteiger partial charge < -0.3 is 4.90 Å². The van der Waals surface area contributed by atoms with Crippen LogP contribution in [0.2, 0.25) is 0 Å². The predicted molar refractivity (Wildman–Crippen MR) is 248 cm³/mol. The van der Waals surface area contributed by atoms with Gasteiger partial charge >= 0.3 is 0 Å². The highest BCUT2D eigenvalue weighted by Crippen LogP contribution is 2.63. The highest BCUT2D eigenvalue weighted by atomic mass is 15.4. The smallest absolute Gasteiger partial charge is 0.148 e. The number of hydrogen-bond acceptors (Lipinski definition) is 4. The Morgan fingerprint density at radius 3 is 1.43 bits per heavy atom. The first kappa shape index (κ1) is 35.3. The Balaban J connectivity index is 0.878. The maximum Gasteiger partial charge on any atom is 0.148 e. The van der Waals surface area contributed by atoms with Gasteiger partial charge in [0.05, 0.1) is 16.8 Å². The van der Waals surface area contributed by atoms with E-state index in [2.05, 4.69) is 239 Å². The van der Waals surface area contributed by atoms with Crippen molar-refractivity contribution in [1.82, 2.24) is 5.32 Å². The van der Waals surface area contributed by atoms with E-state index in [1.165, 1.54) is 72.6 Å². The first-order chi connectivity index (χ1) is 30.2. The van der Waals surface area contributed by atoms with E-state index in [1.807, 2.05) is 6.07 Å². The van der Waals surface area contributed by atoms with Gasteiger partial charge in [-0.1, -0.05) is 188 Å². The summed E-state index contributed by atoms with van der Waals surface area (Å²) in [5.74, 6) is 0. The molecule has 4 nitrogen and oxygen atoms in total. The highest BCUT2D eigenvalue weighted by molar-refractivity contribution is 5.96. The number of para-hydroxylation sites is 3. The van der Waals surface area contributed by atoms with Crippen LogP contribution in [0.5, 0.6) is 0 Å². The molecule has 0 aromatic heterocycles. The minimum Gasteiger partial charge on any atom is -0.310 e. The van der Waals surface area contributed by atoms with Crippen molar-refractivity contribution in [2.24, 2.45) is 10.2 Å². The number of fused-ring (bicyclic) bond motifs is 9. The number of nitrogens with zero attached hydrogens (tertiary/aromatic N) is 3. The highest BCUT2D eigenvalue weighted by Gasteiger charge is 2.51. The predicted octanol–water partition coefficient (Wildman–Crippen LogP) is 14.6. The molecular formula is C57H40N4. The van der Waals surface area contributed by atoms with Crippen LogP contribution in [0.15, 0.2) is 235 Å². The lowest BCUT2D eigenvalue weighted by Gasteiger charge is -2.45. The van der Waals surface area contributed by atoms with Crippen LogP contribution in [0.25, 0.3) is 44.5 Å². The van der Waals surface area contributed by atoms with Crippen LogP contribution in [0.4, 0.5) is 17.1 Å². The van der Waals surface area contributed by atoms with Gasteiger partial charge in [0.25, 0.3) is 0 Å². The Kier molecular flexibility index (Phi) is 8.25. The van der Waals surface area contributed by atoms with Gasteiger partial charge in [-0.3, -0.25) is 5.32 Å². The third kappa shape index (κ3) is 5.64. The number of azo groups is 1. The summed E-state index contributed by atoms with van der Waals surface area (Å²) in [5, 5.41) is 12.9. The molecule has 0 saturated heterocycles. The Labute approximate surface area is 356 Å². The van der Waals surface area contributed by atoms with Crippen molar-refractivity contribution in [2.45, 2.75) is 17.7 Å². The fourth-order valence-corrected chi connectivity index (χ4v) is 10.0. The Morgan fingerprint density at radius 1 is 0.344 bits per heavy atom. The molecule has 9 aromatic rings. The second-order valence-corrected chi connectivity index (χ2v) is 16.2. The second kappa shape index (κ2) is 14.3. The van der Waals surface area contributed by atoms with E-state index >= 15 is 0 Å². The van der Waals surface area contributed by atoms with Crippen LogP contribution in [0.3, 0.4) is 0 Å². The molecule has 1 aliphatic carbocycles. The molecule has 61 heavy (non-hydrogen) atoms. The van der Waals surface area contributed by atoms with Crippen molar-refractivity contribution in [3.05, 3.63) is 258 Å². The van der Waals surface area contributed by atoms with Crippen LogP contribution in [-0.2, 0) is 5.41 Å². The first-order valence-corrected chi connectivity index (χ1v) is 21.0. The quantitative estimate of drug-likeness (QED) is 0.183. The number of benzene rings is 9. The molecule has 2 unspecified atom stereocenters. The Bertz CT molecular complexity index is 3070. The molecule has 12 rings (SSSR count). The Hall–Kier alpha value is -7.66. The van der Waals surface area contributed by atoms with E-state index in [1.54, 1.807) is 0 Å². The molecule has 288 valence electrons. The fraction of sp³-hybridized carbons (Fsp3) is 0.0526. The van der Waals surface area contributed by atoms with Gasteiger partial charge in [-0.15, -0.1) is 0 Å². The summed E-state index contributed by atoms with van der Waals surface area (Å²) in [5.41, 5.74) is 20.2. The standard InChI is InChI=1S/C57H40N4/c1-3-14-38(15-4-1)39-26-30-41(31-27-39)55-58-56(60-59-55)42-32-28-40(29-33-42)43-16-13-17-44(36-43)45-34-35-48-47-20-7-8-21-49(47)57(52(48)37-45)50-22-9-11-24-53(50)61(46-18-5-2-6-19-46)54-25-12-10-23-51(54)57/h1-37,55-56,58H. The molecule has 1 spiro atoms. The molecule has 2 atom stereocenters. The van der Waals surface area contributed by atoms with E-state index in [9.17, 15) is 0 Å². The van der Waals surface area contributed by atoms with Gasteiger partial charge in [0.15, 0.2) is 0 Å². The summed E-state index contributed by atoms with van der Waals surface area (Å²) in [4.78, 5) is 2.43. The van der Waals surface area contributed by atoms with Gasteiger partial charge in [0, 0.05) is 5.69 Å². The van der Waals surface area contributed by atoms with Crippen LogP contribution in [0, 0.1) is 0 Å². The van der Waals surface area contributed by atoms with Crippen molar-refractivity contribution < 1.29 is 0 Å². The minimum atomic E-state index is -0.496. The van der Waals surface area contributed by atoms with Gasteiger partial charge in [-0.25, -0.2) is 0 Å². The zero-order valence-corrected chi connectivity index (χ0v) is 33.4. The van der Waals surface area contributed by atoms with Crippen molar-refractivity contribution in [2.75, 3.05) is 4.90 Å². The number of hydrogen-bond donors (Lipinski definition) is 1. The maximum atomic E-state index is 4.64. The zero-order chi connectivity index (χ0) is 40.3. The molecule has 0 bridgehead atoms. The second-order valence-electron chi connectivity index (χ2n) is 16.2. The molecule has 2 aliphatic heterocycles. The van der Waals surface area contributed by atoms with Crippen molar-refractivity contribution in [1.29, 1.82) is 0 Å². The third-order valence-corrected chi connectivity index (χ3v) is 12.9. The molecule has 3 aliphatic rings. The van der Waals surface area contributed by atoms with Crippen molar-refractivity contribution >= 4 is 17.1 Å². The zero-order valence-electron chi connectivity index (χ0n) is 33.4. The maximum absolute atomic E-state index is 4.64. The topological polar surface area (TPSA) is 40.0 Å². The lowest BCUT2D eigenvalue weighted by atomic mass is 9.64. The summed E-state index contributed by atoms with van der Waals surface area (Å²) < 4.78 is 0. The van der Waals surface area contributed by atoms with E-state index in [4.69, 9.17) is 0 Å². The summed E-state index contributed by atoms with van der Waals surface area (Å²) >= 11 is 0. The molecule has 4 heteroatoms. The summed E-state index contributed by atoms with van der Waals surface area (Å²) in [6.07, 6.45) is -0.374. The van der Waals surface area contributed by atoms with E-state index in [0.717, 1.165) is 22.4 Å².